The van der Waals surface area contributed by atoms with Crippen LogP contribution in [0.4, 0.5) is 11.6 Å². The van der Waals surface area contributed by atoms with Crippen molar-refractivity contribution in [3.8, 4) is 0 Å². The molecule has 0 aliphatic carbocycles. The van der Waals surface area contributed by atoms with E-state index in [0.717, 1.165) is 36.8 Å². The van der Waals surface area contributed by atoms with Gasteiger partial charge in [0.25, 0.3) is 0 Å². The minimum absolute atomic E-state index is 0.153. The summed E-state index contributed by atoms with van der Waals surface area (Å²) in [5.41, 5.74) is 0. The minimum Gasteiger partial charge on any atom is -0.466 e. The third-order valence-electron chi connectivity index (χ3n) is 2.62. The number of hydrogen-bond donors (Lipinski definition) is 2. The molecule has 1 aromatic rings. The van der Waals surface area contributed by atoms with Crippen LogP contribution in [-0.2, 0) is 16.0 Å². The first kappa shape index (κ1) is 16.2. The Morgan fingerprint density at radius 1 is 1.20 bits per heavy atom. The van der Waals surface area contributed by atoms with Gasteiger partial charge in [-0.1, -0.05) is 6.92 Å². The number of anilines is 2. The van der Waals surface area contributed by atoms with E-state index in [1.54, 1.807) is 0 Å². The van der Waals surface area contributed by atoms with Crippen molar-refractivity contribution in [2.75, 3.05) is 30.3 Å². The minimum atomic E-state index is -0.153. The van der Waals surface area contributed by atoms with Gasteiger partial charge in [0.1, 0.15) is 17.5 Å². The van der Waals surface area contributed by atoms with Gasteiger partial charge in [0.15, 0.2) is 0 Å². The summed E-state index contributed by atoms with van der Waals surface area (Å²) in [6, 6.07) is 1.88. The SMILES string of the molecule is CCNc1cc(NCCCC(=O)OCC)nc(CC)n1. The maximum Gasteiger partial charge on any atom is 0.305 e. The molecule has 0 spiro atoms. The van der Waals surface area contributed by atoms with Crippen LogP contribution in [0, 0.1) is 0 Å². The molecule has 6 heteroatoms. The molecule has 0 aromatic carbocycles. The van der Waals surface area contributed by atoms with Crippen LogP contribution in [0.15, 0.2) is 6.07 Å². The summed E-state index contributed by atoms with van der Waals surface area (Å²) in [6.07, 6.45) is 1.93. The molecule has 0 aliphatic rings. The summed E-state index contributed by atoms with van der Waals surface area (Å²) < 4.78 is 4.88. The molecule has 0 saturated heterocycles. The first-order valence-corrected chi connectivity index (χ1v) is 7.20. The summed E-state index contributed by atoms with van der Waals surface area (Å²) in [5, 5.41) is 6.40. The van der Waals surface area contributed by atoms with Gasteiger partial charge in [-0.25, -0.2) is 9.97 Å². The highest BCUT2D eigenvalue weighted by Crippen LogP contribution is 2.11. The van der Waals surface area contributed by atoms with Crippen LogP contribution in [0.5, 0.6) is 0 Å². The van der Waals surface area contributed by atoms with Gasteiger partial charge in [-0.3, -0.25) is 4.79 Å². The Morgan fingerprint density at radius 3 is 2.50 bits per heavy atom. The smallest absolute Gasteiger partial charge is 0.305 e. The monoisotopic (exact) mass is 280 g/mol. The fourth-order valence-corrected chi connectivity index (χ4v) is 1.70. The molecule has 0 fully saturated rings. The highest BCUT2D eigenvalue weighted by Gasteiger charge is 2.04. The highest BCUT2D eigenvalue weighted by molar-refractivity contribution is 5.69. The quantitative estimate of drug-likeness (QED) is 0.533. The van der Waals surface area contributed by atoms with Crippen molar-refractivity contribution in [2.45, 2.75) is 40.0 Å². The molecule has 1 rings (SSSR count). The lowest BCUT2D eigenvalue weighted by molar-refractivity contribution is -0.143. The van der Waals surface area contributed by atoms with Gasteiger partial charge in [-0.15, -0.1) is 0 Å². The lowest BCUT2D eigenvalue weighted by Gasteiger charge is -2.10. The largest absolute Gasteiger partial charge is 0.466 e. The van der Waals surface area contributed by atoms with Gasteiger partial charge in [-0.2, -0.15) is 0 Å². The van der Waals surface area contributed by atoms with Crippen molar-refractivity contribution in [3.05, 3.63) is 11.9 Å². The number of carbonyl (C=O) groups excluding carboxylic acids is 1. The van der Waals surface area contributed by atoms with E-state index < -0.39 is 0 Å². The molecule has 0 bridgehead atoms. The number of nitrogens with one attached hydrogen (secondary N) is 2. The zero-order valence-electron chi connectivity index (χ0n) is 12.5. The van der Waals surface area contributed by atoms with Gasteiger partial charge in [0.05, 0.1) is 6.61 Å². The number of ether oxygens (including phenoxy) is 1. The molecule has 112 valence electrons. The summed E-state index contributed by atoms with van der Waals surface area (Å²) in [5.74, 6) is 2.26. The van der Waals surface area contributed by atoms with Gasteiger partial charge in [0.2, 0.25) is 0 Å². The molecule has 2 N–H and O–H groups in total. The fourth-order valence-electron chi connectivity index (χ4n) is 1.70. The predicted molar refractivity (Wildman–Crippen MR) is 79.9 cm³/mol. The Labute approximate surface area is 120 Å². The van der Waals surface area contributed by atoms with Crippen molar-refractivity contribution >= 4 is 17.6 Å². The molecule has 0 saturated carbocycles. The number of aromatic nitrogens is 2. The second-order valence-electron chi connectivity index (χ2n) is 4.27. The zero-order chi connectivity index (χ0) is 14.8. The zero-order valence-corrected chi connectivity index (χ0v) is 12.5. The summed E-state index contributed by atoms with van der Waals surface area (Å²) in [6.45, 7) is 7.80. The van der Waals surface area contributed by atoms with Crippen molar-refractivity contribution < 1.29 is 9.53 Å². The van der Waals surface area contributed by atoms with E-state index in [1.807, 2.05) is 26.8 Å². The Morgan fingerprint density at radius 2 is 1.90 bits per heavy atom. The third kappa shape index (κ3) is 5.86. The Bertz CT molecular complexity index is 424. The molecule has 0 unspecified atom stereocenters. The van der Waals surface area contributed by atoms with Crippen molar-refractivity contribution in [1.82, 2.24) is 9.97 Å². The predicted octanol–water partition coefficient (Wildman–Crippen LogP) is 2.23. The molecular formula is C14H24N4O2. The molecule has 0 amide bonds. The number of hydrogen-bond acceptors (Lipinski definition) is 6. The van der Waals surface area contributed by atoms with Crippen molar-refractivity contribution in [1.29, 1.82) is 0 Å². The Kier molecular flexibility index (Phi) is 7.39. The van der Waals surface area contributed by atoms with Crippen LogP contribution < -0.4 is 10.6 Å². The summed E-state index contributed by atoms with van der Waals surface area (Å²) >= 11 is 0. The molecule has 0 aliphatic heterocycles. The molecule has 0 atom stereocenters. The first-order chi connectivity index (χ1) is 9.69. The number of rotatable bonds is 9. The number of esters is 1. The van der Waals surface area contributed by atoms with Crippen LogP contribution in [0.25, 0.3) is 0 Å². The van der Waals surface area contributed by atoms with Crippen molar-refractivity contribution in [2.24, 2.45) is 0 Å². The number of nitrogens with zero attached hydrogens (tertiary/aromatic N) is 2. The topological polar surface area (TPSA) is 76.1 Å². The standard InChI is InChI=1S/C14H24N4O2/c1-4-11-17-12(15-5-2)10-13(18-11)16-9-7-8-14(19)20-6-3/h10H,4-9H2,1-3H3,(H2,15,16,17,18). The van der Waals surface area contributed by atoms with E-state index in [2.05, 4.69) is 20.6 Å². The molecular weight excluding hydrogens is 256 g/mol. The van der Waals surface area contributed by atoms with E-state index in [1.165, 1.54) is 0 Å². The summed E-state index contributed by atoms with van der Waals surface area (Å²) in [4.78, 5) is 20.0. The van der Waals surface area contributed by atoms with Crippen LogP contribution in [0.1, 0.15) is 39.4 Å². The van der Waals surface area contributed by atoms with Gasteiger partial charge in [-0.05, 0) is 20.3 Å². The molecule has 20 heavy (non-hydrogen) atoms. The maximum absolute atomic E-state index is 11.2. The van der Waals surface area contributed by atoms with E-state index in [4.69, 9.17) is 4.74 Å². The van der Waals surface area contributed by atoms with E-state index in [0.29, 0.717) is 19.6 Å². The normalized spacial score (nSPS) is 10.2. The van der Waals surface area contributed by atoms with E-state index in [-0.39, 0.29) is 5.97 Å². The van der Waals surface area contributed by atoms with Crippen molar-refractivity contribution in [3.63, 3.8) is 0 Å². The Hall–Kier alpha value is -1.85. The first-order valence-electron chi connectivity index (χ1n) is 7.20. The number of aryl methyl sites for hydroxylation is 1. The molecule has 0 radical (unpaired) electrons. The van der Waals surface area contributed by atoms with E-state index in [9.17, 15) is 4.79 Å². The number of carbonyl (C=O) groups is 1. The van der Waals surface area contributed by atoms with Crippen LogP contribution >= 0.6 is 0 Å². The average Bonchev–Trinajstić information content (AvgIpc) is 2.44. The van der Waals surface area contributed by atoms with Crippen LogP contribution in [0.2, 0.25) is 0 Å². The molecule has 6 nitrogen and oxygen atoms in total. The van der Waals surface area contributed by atoms with Crippen LogP contribution in [-0.4, -0.2) is 35.6 Å². The average molecular weight is 280 g/mol. The second-order valence-corrected chi connectivity index (χ2v) is 4.27. The van der Waals surface area contributed by atoms with Gasteiger partial charge in [0, 0.05) is 32.0 Å². The van der Waals surface area contributed by atoms with E-state index >= 15 is 0 Å². The maximum atomic E-state index is 11.2. The van der Waals surface area contributed by atoms with Crippen LogP contribution in [0.3, 0.4) is 0 Å². The third-order valence-corrected chi connectivity index (χ3v) is 2.62. The Balaban J connectivity index is 2.46. The molecule has 1 heterocycles. The fraction of sp³-hybridized carbons (Fsp3) is 0.643. The summed E-state index contributed by atoms with van der Waals surface area (Å²) in [7, 11) is 0. The lowest BCUT2D eigenvalue weighted by atomic mass is 10.3. The second kappa shape index (κ2) is 9.12. The molecule has 1 aromatic heterocycles. The lowest BCUT2D eigenvalue weighted by Crippen LogP contribution is -2.11. The highest BCUT2D eigenvalue weighted by atomic mass is 16.5. The van der Waals surface area contributed by atoms with Gasteiger partial charge >= 0.3 is 5.97 Å². The van der Waals surface area contributed by atoms with Gasteiger partial charge < -0.3 is 15.4 Å².